The highest BCUT2D eigenvalue weighted by Crippen LogP contribution is 2.39. The lowest BCUT2D eigenvalue weighted by Gasteiger charge is -2.20. The zero-order chi connectivity index (χ0) is 50.0. The molecule has 6 aromatic rings. The number of ketones is 3. The molecule has 2 heterocycles. The number of carbonyl (C=O) groups is 4. The van der Waals surface area contributed by atoms with Crippen molar-refractivity contribution >= 4 is 57.0 Å². The maximum atomic E-state index is 12.7. The van der Waals surface area contributed by atoms with Gasteiger partial charge in [-0.05, 0) is 153 Å². The molecule has 4 saturated carbocycles. The van der Waals surface area contributed by atoms with Crippen molar-refractivity contribution in [3.63, 3.8) is 0 Å². The first-order valence-corrected chi connectivity index (χ1v) is 24.4. The molecule has 4 aliphatic rings. The minimum atomic E-state index is -1.22. The molecule has 71 heavy (non-hydrogen) atoms. The normalized spacial score (nSPS) is 18.9. The fraction of sp³-hybridized carbons (Fsp3) is 0.368. The van der Waals surface area contributed by atoms with E-state index in [2.05, 4.69) is 37.9 Å². The molecule has 0 amide bonds. The number of nitrogens with zero attached hydrogens (tertiary/aromatic N) is 4. The van der Waals surface area contributed by atoms with Crippen LogP contribution in [0.3, 0.4) is 0 Å². The number of carboxylic acids is 1. The number of terminal acetylenes is 2. The molecule has 0 spiro atoms. The summed E-state index contributed by atoms with van der Waals surface area (Å²) >= 11 is 0. The van der Waals surface area contributed by atoms with Crippen LogP contribution in [0.5, 0.6) is 11.5 Å². The van der Waals surface area contributed by atoms with E-state index in [4.69, 9.17) is 36.5 Å². The molecule has 4 atom stereocenters. The van der Waals surface area contributed by atoms with Gasteiger partial charge < -0.3 is 30.9 Å². The summed E-state index contributed by atoms with van der Waals surface area (Å²) in [7, 11) is 3.29. The summed E-state index contributed by atoms with van der Waals surface area (Å²) in [5.74, 6) is 6.66. The Balaban J connectivity index is 0.000000175. The Labute approximate surface area is 414 Å². The lowest BCUT2D eigenvalue weighted by Crippen LogP contribution is -2.35. The third kappa shape index (κ3) is 13.0. The minimum absolute atomic E-state index is 0.143. The fourth-order valence-electron chi connectivity index (χ4n) is 9.43. The average Bonchev–Trinajstić information content (AvgIpc) is 4.32. The molecule has 0 bridgehead atoms. The number of aromatic nitrogens is 4. The van der Waals surface area contributed by atoms with E-state index in [-0.39, 0.29) is 41.4 Å². The number of nitrogens with one attached hydrogen (secondary N) is 2. The van der Waals surface area contributed by atoms with Gasteiger partial charge in [-0.3, -0.25) is 14.4 Å². The number of carbonyl (C=O) groups excluding carboxylic acids is 3. The second-order valence-corrected chi connectivity index (χ2v) is 18.9. The second-order valence-electron chi connectivity index (χ2n) is 18.9. The van der Waals surface area contributed by atoms with E-state index in [1.807, 2.05) is 79.0 Å². The van der Waals surface area contributed by atoms with Gasteiger partial charge in [0.1, 0.15) is 11.5 Å². The number of ether oxygens (including phenoxy) is 2. The molecule has 2 aromatic heterocycles. The van der Waals surface area contributed by atoms with Gasteiger partial charge in [-0.15, -0.1) is 12.8 Å². The van der Waals surface area contributed by atoms with Crippen molar-refractivity contribution in [2.45, 2.75) is 102 Å². The minimum Gasteiger partial charge on any atom is -0.496 e. The van der Waals surface area contributed by atoms with Gasteiger partial charge in [0.15, 0.2) is 11.6 Å². The molecule has 14 nitrogen and oxygen atoms in total. The van der Waals surface area contributed by atoms with Crippen LogP contribution in [0.25, 0.3) is 44.1 Å². The number of hydrogen-bond donors (Lipinski definition) is 4. The molecule has 4 aromatic carbocycles. The van der Waals surface area contributed by atoms with Crippen LogP contribution in [0.4, 0.5) is 11.9 Å². The van der Waals surface area contributed by atoms with E-state index >= 15 is 0 Å². The Bertz CT molecular complexity index is 3040. The maximum Gasteiger partial charge on any atom is 0.381 e. The summed E-state index contributed by atoms with van der Waals surface area (Å²) < 4.78 is 11.2. The smallest absolute Gasteiger partial charge is 0.381 e. The zero-order valence-electron chi connectivity index (χ0n) is 40.2. The van der Waals surface area contributed by atoms with E-state index in [1.54, 1.807) is 20.4 Å². The topological polar surface area (TPSA) is 209 Å². The van der Waals surface area contributed by atoms with E-state index in [0.29, 0.717) is 43.0 Å². The van der Waals surface area contributed by atoms with Gasteiger partial charge in [0.25, 0.3) is 0 Å². The summed E-state index contributed by atoms with van der Waals surface area (Å²) in [4.78, 5) is 64.6. The molecule has 4 fully saturated rings. The van der Waals surface area contributed by atoms with Crippen LogP contribution < -0.4 is 25.8 Å². The van der Waals surface area contributed by atoms with Crippen molar-refractivity contribution in [2.24, 2.45) is 23.5 Å². The van der Waals surface area contributed by atoms with Crippen molar-refractivity contribution in [1.82, 2.24) is 19.9 Å². The molecule has 364 valence electrons. The molecule has 0 saturated heterocycles. The van der Waals surface area contributed by atoms with Crippen molar-refractivity contribution in [1.29, 1.82) is 0 Å². The lowest BCUT2D eigenvalue weighted by molar-refractivity contribution is -0.130. The maximum absolute atomic E-state index is 12.7. The van der Waals surface area contributed by atoms with Gasteiger partial charge in [-0.25, -0.2) is 24.7 Å². The molecule has 4 aliphatic carbocycles. The molecule has 14 heteroatoms. The van der Waals surface area contributed by atoms with Crippen LogP contribution in [0.15, 0.2) is 85.2 Å². The number of aliphatic carboxylic acids is 1. The number of hydrogen-bond acceptors (Lipinski definition) is 13. The number of Topliss-reactive ketones (excluding diaryl/α,β-unsaturated/α-hetero) is 3. The Hall–Kier alpha value is -7.68. The summed E-state index contributed by atoms with van der Waals surface area (Å²) in [6.45, 7) is 0. The second kappa shape index (κ2) is 22.8. The summed E-state index contributed by atoms with van der Waals surface area (Å²) in [6.07, 6.45) is 25.8. The summed E-state index contributed by atoms with van der Waals surface area (Å²) in [6, 6.07) is 23.9. The number of nitrogens with two attached hydrogens (primary N) is 1. The molecule has 0 unspecified atom stereocenters. The van der Waals surface area contributed by atoms with Crippen LogP contribution in [0.1, 0.15) is 104 Å². The third-order valence-corrected chi connectivity index (χ3v) is 13.8. The van der Waals surface area contributed by atoms with Crippen LogP contribution in [-0.4, -0.2) is 80.7 Å². The number of carboxylic acid groups (broad SMARTS) is 1. The number of fused-ring (bicyclic) bond motifs is 2. The average molecular weight is 954 g/mol. The monoisotopic (exact) mass is 953 g/mol. The van der Waals surface area contributed by atoms with Crippen LogP contribution in [0.2, 0.25) is 0 Å². The summed E-state index contributed by atoms with van der Waals surface area (Å²) in [5, 5.41) is 16.1. The van der Waals surface area contributed by atoms with Crippen molar-refractivity contribution in [2.75, 3.05) is 24.9 Å². The van der Waals surface area contributed by atoms with Crippen LogP contribution in [0, 0.1) is 42.4 Å². The SMILES string of the molecule is C#CC(=O)C[C@H]1CCC[C@H]1Nc1ncc2cc(-c3cc(C(=O)CC4CC4)ccc3OC)ccc2n1.C#CC(=O)O.COc1ccc(C(=O)CC2CC2)cc1-c1ccc2nc(N[C@@H]3CCC[C@@H]3N)ncc2c1. The molecule has 5 N–H and O–H groups in total. The number of rotatable bonds is 16. The van der Waals surface area contributed by atoms with Gasteiger partial charge >= 0.3 is 5.97 Å². The predicted octanol–water partition coefficient (Wildman–Crippen LogP) is 9.75. The van der Waals surface area contributed by atoms with Crippen molar-refractivity contribution in [3.8, 4) is 58.4 Å². The van der Waals surface area contributed by atoms with Crippen molar-refractivity contribution in [3.05, 3.63) is 96.3 Å². The van der Waals surface area contributed by atoms with Gasteiger partial charge in [-0.1, -0.05) is 18.6 Å². The highest BCUT2D eigenvalue weighted by Gasteiger charge is 2.30. The first-order valence-electron chi connectivity index (χ1n) is 24.4. The Morgan fingerprint density at radius 3 is 1.55 bits per heavy atom. The zero-order valence-corrected chi connectivity index (χ0v) is 40.2. The summed E-state index contributed by atoms with van der Waals surface area (Å²) in [5.41, 5.74) is 13.0. The van der Waals surface area contributed by atoms with Gasteiger partial charge in [-0.2, -0.15) is 0 Å². The predicted molar refractivity (Wildman–Crippen MR) is 275 cm³/mol. The molecule has 10 rings (SSSR count). The molecule has 0 aliphatic heterocycles. The van der Waals surface area contributed by atoms with E-state index in [9.17, 15) is 14.4 Å². The van der Waals surface area contributed by atoms with Gasteiger partial charge in [0, 0.05) is 88.7 Å². The van der Waals surface area contributed by atoms with Crippen LogP contribution in [-0.2, 0) is 9.59 Å². The third-order valence-electron chi connectivity index (χ3n) is 13.8. The number of benzene rings is 4. The Kier molecular flexibility index (Phi) is 16.0. The lowest BCUT2D eigenvalue weighted by atomic mass is 9.97. The van der Waals surface area contributed by atoms with Gasteiger partial charge in [0.05, 0.1) is 25.3 Å². The van der Waals surface area contributed by atoms with Crippen LogP contribution >= 0.6 is 0 Å². The molecule has 0 radical (unpaired) electrons. The van der Waals surface area contributed by atoms with E-state index in [0.717, 1.165) is 118 Å². The first-order chi connectivity index (χ1) is 34.4. The van der Waals surface area contributed by atoms with E-state index in [1.165, 1.54) is 18.8 Å². The van der Waals surface area contributed by atoms with Gasteiger partial charge in [0.2, 0.25) is 17.7 Å². The van der Waals surface area contributed by atoms with E-state index < -0.39 is 5.97 Å². The van der Waals surface area contributed by atoms with Crippen molar-refractivity contribution < 1.29 is 33.8 Å². The molecular formula is C57H59N7O7. The molecular weight excluding hydrogens is 895 g/mol. The standard InChI is InChI=1S/C29H29N3O3.C25H28N4O2.C3H2O2/c1-3-23(33)15-20-5-4-6-25(20)31-29-30-17-22-14-19(9-11-26(22)32-29)24-16-21(10-12-28(24)35-2)27(34)13-18-7-8-18;1-31-24-10-8-17(23(30)11-15-5-6-15)13-19(24)16-7-9-21-18(12-16)14-27-25(28-21)29-22-4-2-3-20(22)26;1-2-3(4)5/h1,9-12,14,16-18,20,25H,4-8,13,15H2,2H3,(H,30,31,32);7-10,12-15,20,22H,2-6,11,26H2,1H3,(H,27,28,29);1H,(H,4,5)/t20-,25-;20-,22+;/m10./s1. The fourth-order valence-corrected chi connectivity index (χ4v) is 9.43. The first kappa shape index (κ1) is 49.7. The highest BCUT2D eigenvalue weighted by molar-refractivity contribution is 5.99. The largest absolute Gasteiger partial charge is 0.496 e. The number of anilines is 2. The Morgan fingerprint density at radius 1 is 0.634 bits per heavy atom. The Morgan fingerprint density at radius 2 is 1.11 bits per heavy atom. The highest BCUT2D eigenvalue weighted by atomic mass is 16.5. The quantitative estimate of drug-likeness (QED) is 0.0405. The number of methoxy groups -OCH3 is 2.